The summed E-state index contributed by atoms with van der Waals surface area (Å²) in [7, 11) is 0. The van der Waals surface area contributed by atoms with E-state index in [1.807, 2.05) is 74.6 Å². The fourth-order valence-electron chi connectivity index (χ4n) is 2.50. The van der Waals surface area contributed by atoms with Gasteiger partial charge in [0.05, 0.1) is 17.9 Å². The van der Waals surface area contributed by atoms with Crippen molar-refractivity contribution in [1.82, 2.24) is 9.97 Å². The molecule has 0 bridgehead atoms. The Labute approximate surface area is 154 Å². The molecule has 0 fully saturated rings. The van der Waals surface area contributed by atoms with Crippen LogP contribution in [0, 0.1) is 6.42 Å². The third-order valence-corrected chi connectivity index (χ3v) is 3.84. The molecule has 4 nitrogen and oxygen atoms in total. The number of hydrogen-bond donors (Lipinski definition) is 0. The predicted molar refractivity (Wildman–Crippen MR) is 102 cm³/mol. The van der Waals surface area contributed by atoms with Crippen molar-refractivity contribution in [3.63, 3.8) is 0 Å². The third kappa shape index (κ3) is 5.67. The Morgan fingerprint density at radius 1 is 0.923 bits per heavy atom. The van der Waals surface area contributed by atoms with Crippen LogP contribution in [0.3, 0.4) is 0 Å². The van der Waals surface area contributed by atoms with Gasteiger partial charge in [-0.1, -0.05) is 24.3 Å². The van der Waals surface area contributed by atoms with Gasteiger partial charge in [-0.05, 0) is 49.7 Å². The molecule has 0 saturated carbocycles. The van der Waals surface area contributed by atoms with Gasteiger partial charge in [0.15, 0.2) is 0 Å². The molecule has 3 aromatic rings. The minimum atomic E-state index is -0.393. The van der Waals surface area contributed by atoms with Gasteiger partial charge in [0.2, 0.25) is 0 Å². The lowest BCUT2D eigenvalue weighted by atomic mass is 9.98. The minimum Gasteiger partial charge on any atom is -0.489 e. The maximum Gasteiger partial charge on any atom is 0.119 e. The highest BCUT2D eigenvalue weighted by molar-refractivity contribution is 5.33. The van der Waals surface area contributed by atoms with Gasteiger partial charge in [0.25, 0.3) is 0 Å². The molecule has 4 heteroatoms. The van der Waals surface area contributed by atoms with Crippen LogP contribution in [0.25, 0.3) is 0 Å². The average molecular weight is 347 g/mol. The Morgan fingerprint density at radius 3 is 2.46 bits per heavy atom. The number of rotatable bonds is 8. The van der Waals surface area contributed by atoms with E-state index in [-0.39, 0.29) is 0 Å². The van der Waals surface area contributed by atoms with Crippen LogP contribution in [0.5, 0.6) is 5.75 Å². The van der Waals surface area contributed by atoms with E-state index < -0.39 is 5.60 Å². The second kappa shape index (κ2) is 8.59. The molecule has 2 aromatic heterocycles. The second-order valence-corrected chi connectivity index (χ2v) is 6.58. The minimum absolute atomic E-state index is 0.393. The fourth-order valence-corrected chi connectivity index (χ4v) is 2.50. The topological polar surface area (TPSA) is 44.2 Å². The summed E-state index contributed by atoms with van der Waals surface area (Å²) >= 11 is 0. The number of ether oxygens (including phenoxy) is 2. The summed E-state index contributed by atoms with van der Waals surface area (Å²) in [5, 5.41) is 0. The Balaban J connectivity index is 1.51. The van der Waals surface area contributed by atoms with E-state index >= 15 is 0 Å². The van der Waals surface area contributed by atoms with E-state index in [1.165, 1.54) is 0 Å². The van der Waals surface area contributed by atoms with Crippen LogP contribution in [0.15, 0.2) is 73.2 Å². The van der Waals surface area contributed by atoms with Gasteiger partial charge in [0, 0.05) is 30.6 Å². The van der Waals surface area contributed by atoms with Crippen molar-refractivity contribution < 1.29 is 9.47 Å². The van der Waals surface area contributed by atoms with Crippen LogP contribution in [0.4, 0.5) is 0 Å². The predicted octanol–water partition coefficient (Wildman–Crippen LogP) is 4.60. The summed E-state index contributed by atoms with van der Waals surface area (Å²) in [6, 6.07) is 17.7. The molecule has 26 heavy (non-hydrogen) atoms. The highest BCUT2D eigenvalue weighted by Crippen LogP contribution is 2.23. The summed E-state index contributed by atoms with van der Waals surface area (Å²) in [6.07, 6.45) is 7.44. The third-order valence-electron chi connectivity index (χ3n) is 3.84. The number of aromatic nitrogens is 2. The van der Waals surface area contributed by atoms with Crippen LogP contribution in [-0.2, 0) is 18.0 Å². The molecule has 133 valence electrons. The number of hydrogen-bond acceptors (Lipinski definition) is 4. The van der Waals surface area contributed by atoms with Crippen LogP contribution >= 0.6 is 0 Å². The molecule has 2 heterocycles. The van der Waals surface area contributed by atoms with Crippen molar-refractivity contribution >= 4 is 0 Å². The highest BCUT2D eigenvalue weighted by atomic mass is 16.5. The summed E-state index contributed by atoms with van der Waals surface area (Å²) in [4.78, 5) is 8.37. The van der Waals surface area contributed by atoms with Gasteiger partial charge in [-0.15, -0.1) is 0 Å². The van der Waals surface area contributed by atoms with Gasteiger partial charge in [0.1, 0.15) is 12.4 Å². The number of pyridine rings is 2. The van der Waals surface area contributed by atoms with E-state index in [0.717, 1.165) is 22.6 Å². The lowest BCUT2D eigenvalue weighted by Gasteiger charge is -2.25. The van der Waals surface area contributed by atoms with E-state index in [0.29, 0.717) is 13.2 Å². The Hall–Kier alpha value is -2.72. The quantitative estimate of drug-likeness (QED) is 0.597. The van der Waals surface area contributed by atoms with Crippen LogP contribution in [0.2, 0.25) is 0 Å². The average Bonchev–Trinajstić information content (AvgIpc) is 2.67. The number of benzene rings is 1. The first kappa shape index (κ1) is 18.1. The normalized spacial score (nSPS) is 11.3. The molecule has 1 aromatic carbocycles. The zero-order valence-corrected chi connectivity index (χ0v) is 15.1. The first-order valence-corrected chi connectivity index (χ1v) is 8.62. The molecule has 0 N–H and O–H groups in total. The maximum absolute atomic E-state index is 6.00. The van der Waals surface area contributed by atoms with Gasteiger partial charge in [-0.25, -0.2) is 0 Å². The molecular weight excluding hydrogens is 324 g/mol. The van der Waals surface area contributed by atoms with Gasteiger partial charge in [-0.3, -0.25) is 9.97 Å². The molecule has 3 rings (SSSR count). The van der Waals surface area contributed by atoms with Crippen LogP contribution < -0.4 is 4.74 Å². The molecule has 0 aliphatic rings. The lowest BCUT2D eigenvalue weighted by Crippen LogP contribution is -2.25. The highest BCUT2D eigenvalue weighted by Gasteiger charge is 2.20. The summed E-state index contributed by atoms with van der Waals surface area (Å²) in [5.41, 5.74) is 2.67. The van der Waals surface area contributed by atoms with Gasteiger partial charge in [-0.2, -0.15) is 0 Å². The standard InChI is InChI=1S/C22H23N2O2/c1-22(2,26-17-20-7-3-4-13-24-20)14-18-8-10-21(11-9-18)25-16-19-6-5-12-23-15-19/h3-15H,16-17H2,1-2H3. The fraction of sp³-hybridized carbons (Fsp3) is 0.227. The Bertz CT molecular complexity index is 787. The molecule has 0 saturated heterocycles. The second-order valence-electron chi connectivity index (χ2n) is 6.58. The largest absolute Gasteiger partial charge is 0.489 e. The summed E-state index contributed by atoms with van der Waals surface area (Å²) in [6.45, 7) is 5.08. The monoisotopic (exact) mass is 347 g/mol. The van der Waals surface area contributed by atoms with Crippen molar-refractivity contribution in [2.75, 3.05) is 0 Å². The molecule has 0 atom stereocenters. The number of nitrogens with zero attached hydrogens (tertiary/aromatic N) is 2. The van der Waals surface area contributed by atoms with Crippen molar-refractivity contribution in [3.05, 3.63) is 96.4 Å². The smallest absolute Gasteiger partial charge is 0.119 e. The molecule has 0 unspecified atom stereocenters. The van der Waals surface area contributed by atoms with Crippen LogP contribution in [-0.4, -0.2) is 15.6 Å². The van der Waals surface area contributed by atoms with E-state index in [4.69, 9.17) is 9.47 Å². The molecule has 0 aliphatic heterocycles. The SMILES string of the molecule is CC(C)([CH]c1ccc(OCc2cccnc2)cc1)OCc1ccccn1. The molecule has 0 amide bonds. The molecule has 1 radical (unpaired) electrons. The van der Waals surface area contributed by atoms with E-state index in [2.05, 4.69) is 16.4 Å². The zero-order chi connectivity index (χ0) is 18.2. The first-order valence-electron chi connectivity index (χ1n) is 8.62. The molecular formula is C22H23N2O2. The Morgan fingerprint density at radius 2 is 1.77 bits per heavy atom. The first-order chi connectivity index (χ1) is 12.6. The van der Waals surface area contributed by atoms with Gasteiger partial charge >= 0.3 is 0 Å². The van der Waals surface area contributed by atoms with Crippen molar-refractivity contribution in [3.8, 4) is 5.75 Å². The van der Waals surface area contributed by atoms with Crippen molar-refractivity contribution in [2.45, 2.75) is 32.7 Å². The summed E-state index contributed by atoms with van der Waals surface area (Å²) in [5.74, 6) is 0.832. The van der Waals surface area contributed by atoms with Crippen LogP contribution in [0.1, 0.15) is 30.7 Å². The van der Waals surface area contributed by atoms with E-state index in [1.54, 1.807) is 12.4 Å². The summed E-state index contributed by atoms with van der Waals surface area (Å²) < 4.78 is 11.8. The van der Waals surface area contributed by atoms with Gasteiger partial charge < -0.3 is 9.47 Å². The molecule has 0 spiro atoms. The van der Waals surface area contributed by atoms with E-state index in [9.17, 15) is 0 Å². The van der Waals surface area contributed by atoms with Crippen molar-refractivity contribution in [2.24, 2.45) is 0 Å². The Kier molecular flexibility index (Phi) is 5.97. The lowest BCUT2D eigenvalue weighted by molar-refractivity contribution is -0.00408. The zero-order valence-electron chi connectivity index (χ0n) is 15.1. The molecule has 0 aliphatic carbocycles. The maximum atomic E-state index is 6.00. The van der Waals surface area contributed by atoms with Crippen molar-refractivity contribution in [1.29, 1.82) is 0 Å².